The molecule has 0 bridgehead atoms. The highest BCUT2D eigenvalue weighted by atomic mass is 16.6. The first kappa shape index (κ1) is 22.7. The predicted octanol–water partition coefficient (Wildman–Crippen LogP) is 5.22. The lowest BCUT2D eigenvalue weighted by Gasteiger charge is -2.58. The van der Waals surface area contributed by atoms with Gasteiger partial charge in [0.05, 0.1) is 11.9 Å². The Bertz CT molecular complexity index is 725. The Kier molecular flexibility index (Phi) is 7.12. The number of carbonyl (C=O) groups excluding carboxylic acids is 1. The molecule has 1 saturated heterocycles. The molecule has 1 aromatic rings. The number of likely N-dealkylation sites (tertiary alicyclic amines) is 1. The summed E-state index contributed by atoms with van der Waals surface area (Å²) >= 11 is 0. The number of hydrogen-bond acceptors (Lipinski definition) is 4. The fourth-order valence-electron chi connectivity index (χ4n) is 4.47. The highest BCUT2D eigenvalue weighted by molar-refractivity contribution is 5.69. The maximum atomic E-state index is 12.1. The summed E-state index contributed by atoms with van der Waals surface area (Å²) in [5.41, 5.74) is 1.21. The highest BCUT2D eigenvalue weighted by Crippen LogP contribution is 2.50. The van der Waals surface area contributed by atoms with Crippen LogP contribution in [0, 0.1) is 5.41 Å². The molecule has 1 aromatic carbocycles. The second-order valence-corrected chi connectivity index (χ2v) is 9.63. The molecule has 1 spiro atoms. The molecule has 0 radical (unpaired) electrons. The lowest BCUT2D eigenvalue weighted by atomic mass is 9.62. The van der Waals surface area contributed by atoms with E-state index in [9.17, 15) is 4.79 Å². The van der Waals surface area contributed by atoms with Gasteiger partial charge in [0.2, 0.25) is 0 Å². The molecular formula is C25H38N2O3. The summed E-state index contributed by atoms with van der Waals surface area (Å²) < 4.78 is 11.7. The Morgan fingerprint density at radius 2 is 1.80 bits per heavy atom. The fourth-order valence-corrected chi connectivity index (χ4v) is 4.47. The zero-order valence-corrected chi connectivity index (χ0v) is 19.3. The van der Waals surface area contributed by atoms with Crippen LogP contribution in [0.15, 0.2) is 42.2 Å². The van der Waals surface area contributed by atoms with Crippen molar-refractivity contribution in [1.82, 2.24) is 9.80 Å². The lowest BCUT2D eigenvalue weighted by molar-refractivity contribution is -0.134. The molecule has 5 heteroatoms. The molecule has 1 saturated carbocycles. The van der Waals surface area contributed by atoms with E-state index in [0.717, 1.165) is 57.7 Å². The first-order valence-electron chi connectivity index (χ1n) is 11.4. The first-order valence-corrected chi connectivity index (χ1v) is 11.4. The Balaban J connectivity index is 0.00000124. The normalized spacial score (nSPS) is 21.0. The molecule has 0 N–H and O–H groups in total. The number of hydrogen-bond donors (Lipinski definition) is 0. The molecule has 3 aliphatic rings. The van der Waals surface area contributed by atoms with E-state index in [4.69, 9.17) is 9.47 Å². The summed E-state index contributed by atoms with van der Waals surface area (Å²) in [6.45, 7) is 14.3. The molecule has 1 amide bonds. The highest BCUT2D eigenvalue weighted by Gasteiger charge is 2.55. The van der Waals surface area contributed by atoms with E-state index < -0.39 is 5.60 Å². The lowest BCUT2D eigenvalue weighted by Crippen LogP contribution is -2.65. The summed E-state index contributed by atoms with van der Waals surface area (Å²) in [5, 5.41) is 0. The van der Waals surface area contributed by atoms with Crippen LogP contribution >= 0.6 is 0 Å². The zero-order chi connectivity index (χ0) is 21.8. The van der Waals surface area contributed by atoms with Crippen molar-refractivity contribution in [3.05, 3.63) is 47.7 Å². The Labute approximate surface area is 182 Å². The van der Waals surface area contributed by atoms with Crippen LogP contribution in [0.4, 0.5) is 4.79 Å². The minimum absolute atomic E-state index is 0.184. The van der Waals surface area contributed by atoms with Crippen LogP contribution in [0.5, 0.6) is 0 Å². The van der Waals surface area contributed by atoms with Gasteiger partial charge in [0.1, 0.15) is 5.60 Å². The molecular weight excluding hydrogens is 376 g/mol. The van der Waals surface area contributed by atoms with Crippen molar-refractivity contribution < 1.29 is 14.3 Å². The minimum atomic E-state index is -0.424. The second kappa shape index (κ2) is 9.42. The van der Waals surface area contributed by atoms with Gasteiger partial charge in [0.25, 0.3) is 0 Å². The van der Waals surface area contributed by atoms with Gasteiger partial charge in [0.15, 0.2) is 0 Å². The SMILES string of the molecule is CC.CC(C)(C)OC(=O)N1CC2(CC(OC3=CCN(Cc4ccccc4)CC3)C2)C1. The number of benzene rings is 1. The van der Waals surface area contributed by atoms with Crippen molar-refractivity contribution in [3.63, 3.8) is 0 Å². The third-order valence-electron chi connectivity index (χ3n) is 5.84. The van der Waals surface area contributed by atoms with Crippen LogP contribution < -0.4 is 0 Å². The molecule has 1 aliphatic carbocycles. The van der Waals surface area contributed by atoms with Crippen LogP contribution in [-0.4, -0.2) is 53.8 Å². The summed E-state index contributed by atoms with van der Waals surface area (Å²) in [4.78, 5) is 16.4. The van der Waals surface area contributed by atoms with Crippen LogP contribution in [0.1, 0.15) is 59.4 Å². The Morgan fingerprint density at radius 3 is 2.37 bits per heavy atom. The molecule has 2 aliphatic heterocycles. The third-order valence-corrected chi connectivity index (χ3v) is 5.84. The van der Waals surface area contributed by atoms with Gasteiger partial charge in [-0.25, -0.2) is 4.79 Å². The van der Waals surface area contributed by atoms with Crippen molar-refractivity contribution in [3.8, 4) is 0 Å². The molecule has 2 heterocycles. The van der Waals surface area contributed by atoms with Gasteiger partial charge in [-0.05, 0) is 45.3 Å². The van der Waals surface area contributed by atoms with Crippen molar-refractivity contribution in [2.24, 2.45) is 5.41 Å². The van der Waals surface area contributed by atoms with Gasteiger partial charge < -0.3 is 14.4 Å². The molecule has 0 unspecified atom stereocenters. The van der Waals surface area contributed by atoms with Crippen LogP contribution in [0.25, 0.3) is 0 Å². The first-order chi connectivity index (χ1) is 14.3. The van der Waals surface area contributed by atoms with Gasteiger partial charge in [-0.1, -0.05) is 44.2 Å². The van der Waals surface area contributed by atoms with Crippen molar-refractivity contribution in [2.45, 2.75) is 72.1 Å². The number of amides is 1. The van der Waals surface area contributed by atoms with E-state index in [1.54, 1.807) is 0 Å². The average Bonchev–Trinajstić information content (AvgIpc) is 2.65. The smallest absolute Gasteiger partial charge is 0.410 e. The number of nitrogens with zero attached hydrogens (tertiary/aromatic N) is 2. The van der Waals surface area contributed by atoms with Crippen LogP contribution in [0.3, 0.4) is 0 Å². The number of rotatable bonds is 4. The second-order valence-electron chi connectivity index (χ2n) is 9.63. The van der Waals surface area contributed by atoms with Crippen molar-refractivity contribution in [1.29, 1.82) is 0 Å². The van der Waals surface area contributed by atoms with Gasteiger partial charge in [-0.15, -0.1) is 0 Å². The van der Waals surface area contributed by atoms with E-state index in [1.807, 2.05) is 39.5 Å². The average molecular weight is 415 g/mol. The van der Waals surface area contributed by atoms with Crippen LogP contribution in [0.2, 0.25) is 0 Å². The zero-order valence-electron chi connectivity index (χ0n) is 19.3. The molecule has 166 valence electrons. The topological polar surface area (TPSA) is 42.0 Å². The van der Waals surface area contributed by atoms with E-state index in [-0.39, 0.29) is 11.5 Å². The molecule has 0 aromatic heterocycles. The summed E-state index contributed by atoms with van der Waals surface area (Å²) in [6, 6.07) is 10.6. The maximum Gasteiger partial charge on any atom is 0.410 e. The quantitative estimate of drug-likeness (QED) is 0.677. The minimum Gasteiger partial charge on any atom is -0.495 e. The van der Waals surface area contributed by atoms with Gasteiger partial charge >= 0.3 is 6.09 Å². The molecule has 30 heavy (non-hydrogen) atoms. The van der Waals surface area contributed by atoms with Crippen LogP contribution in [-0.2, 0) is 16.0 Å². The molecule has 2 fully saturated rings. The summed E-state index contributed by atoms with van der Waals surface area (Å²) in [6.07, 6.45) is 5.46. The molecule has 0 atom stereocenters. The van der Waals surface area contributed by atoms with Gasteiger partial charge in [-0.3, -0.25) is 4.90 Å². The summed E-state index contributed by atoms with van der Waals surface area (Å²) in [5.74, 6) is 1.15. The fraction of sp³-hybridized carbons (Fsp3) is 0.640. The van der Waals surface area contributed by atoms with Gasteiger partial charge in [0, 0.05) is 44.6 Å². The van der Waals surface area contributed by atoms with E-state index in [0.29, 0.717) is 6.10 Å². The maximum absolute atomic E-state index is 12.1. The third kappa shape index (κ3) is 5.78. The van der Waals surface area contributed by atoms with Crippen molar-refractivity contribution in [2.75, 3.05) is 26.2 Å². The standard InChI is InChI=1S/C23H32N2O3.C2H6/c1-22(2,3)28-21(26)25-16-23(17-25)13-20(14-23)27-19-9-11-24(12-10-19)15-18-7-5-4-6-8-18;1-2/h4-9,20H,10-17H2,1-3H3;1-2H3. The van der Waals surface area contributed by atoms with E-state index in [1.165, 1.54) is 5.56 Å². The number of carbonyl (C=O) groups is 1. The van der Waals surface area contributed by atoms with E-state index >= 15 is 0 Å². The monoisotopic (exact) mass is 414 g/mol. The van der Waals surface area contributed by atoms with Gasteiger partial charge in [-0.2, -0.15) is 0 Å². The predicted molar refractivity (Wildman–Crippen MR) is 120 cm³/mol. The van der Waals surface area contributed by atoms with Crippen molar-refractivity contribution >= 4 is 6.09 Å². The largest absolute Gasteiger partial charge is 0.495 e. The number of ether oxygens (including phenoxy) is 2. The van der Waals surface area contributed by atoms with E-state index in [2.05, 4.69) is 41.3 Å². The Hall–Kier alpha value is -2.01. The molecule has 4 rings (SSSR count). The molecule has 5 nitrogen and oxygen atoms in total. The summed E-state index contributed by atoms with van der Waals surface area (Å²) in [7, 11) is 0. The Morgan fingerprint density at radius 1 is 1.13 bits per heavy atom.